The van der Waals surface area contributed by atoms with E-state index in [9.17, 15) is 4.39 Å². The van der Waals surface area contributed by atoms with E-state index in [0.717, 1.165) is 10.0 Å². The summed E-state index contributed by atoms with van der Waals surface area (Å²) in [5.74, 6) is 0.0468. The van der Waals surface area contributed by atoms with Crippen LogP contribution in [-0.2, 0) is 0 Å². The lowest BCUT2D eigenvalue weighted by atomic mass is 10.1. The van der Waals surface area contributed by atoms with Crippen LogP contribution < -0.4 is 5.73 Å². The SMILES string of the molecule is Cc1ccc(-n2nnnc2-c2ccc(Br)c(N)c2)c(F)c1. The maximum atomic E-state index is 14.1. The van der Waals surface area contributed by atoms with E-state index in [1.165, 1.54) is 10.7 Å². The predicted molar refractivity (Wildman–Crippen MR) is 81.4 cm³/mol. The molecule has 0 unspecified atom stereocenters. The molecule has 106 valence electrons. The molecule has 0 aliphatic carbocycles. The van der Waals surface area contributed by atoms with E-state index in [4.69, 9.17) is 5.73 Å². The lowest BCUT2D eigenvalue weighted by molar-refractivity contribution is 0.606. The van der Waals surface area contributed by atoms with Crippen molar-refractivity contribution >= 4 is 21.6 Å². The molecule has 7 heteroatoms. The first-order valence-corrected chi connectivity index (χ1v) is 6.96. The van der Waals surface area contributed by atoms with Crippen LogP contribution in [-0.4, -0.2) is 20.2 Å². The lowest BCUT2D eigenvalue weighted by Crippen LogP contribution is -2.03. The number of halogens is 2. The normalized spacial score (nSPS) is 10.8. The van der Waals surface area contributed by atoms with Crippen molar-refractivity contribution in [2.24, 2.45) is 0 Å². The predicted octanol–water partition coefficient (Wildman–Crippen LogP) is 3.12. The topological polar surface area (TPSA) is 69.6 Å². The van der Waals surface area contributed by atoms with Gasteiger partial charge in [-0.3, -0.25) is 0 Å². The number of benzene rings is 2. The third kappa shape index (κ3) is 2.52. The van der Waals surface area contributed by atoms with Crippen molar-refractivity contribution in [1.82, 2.24) is 20.2 Å². The number of tetrazole rings is 1. The van der Waals surface area contributed by atoms with E-state index in [2.05, 4.69) is 31.5 Å². The van der Waals surface area contributed by atoms with Gasteiger partial charge in [0, 0.05) is 15.7 Å². The van der Waals surface area contributed by atoms with Gasteiger partial charge in [0.2, 0.25) is 0 Å². The second-order valence-electron chi connectivity index (χ2n) is 4.61. The summed E-state index contributed by atoms with van der Waals surface area (Å²) in [6.45, 7) is 1.82. The molecule has 1 aromatic heterocycles. The number of aryl methyl sites for hydroxylation is 1. The van der Waals surface area contributed by atoms with E-state index in [1.54, 1.807) is 24.3 Å². The quantitative estimate of drug-likeness (QED) is 0.723. The van der Waals surface area contributed by atoms with Gasteiger partial charge in [0.15, 0.2) is 5.82 Å². The average Bonchev–Trinajstić information content (AvgIpc) is 2.91. The fourth-order valence-corrected chi connectivity index (χ4v) is 2.24. The third-order valence-electron chi connectivity index (χ3n) is 3.06. The lowest BCUT2D eigenvalue weighted by Gasteiger charge is -2.07. The molecule has 0 fully saturated rings. The molecule has 0 amide bonds. The minimum atomic E-state index is -0.381. The number of rotatable bonds is 2. The van der Waals surface area contributed by atoms with Gasteiger partial charge in [-0.2, -0.15) is 4.68 Å². The van der Waals surface area contributed by atoms with Crippen molar-refractivity contribution in [3.63, 3.8) is 0 Å². The number of aromatic nitrogens is 4. The highest BCUT2D eigenvalue weighted by molar-refractivity contribution is 9.10. The van der Waals surface area contributed by atoms with E-state index >= 15 is 0 Å². The monoisotopic (exact) mass is 347 g/mol. The number of nitrogens with two attached hydrogens (primary N) is 1. The summed E-state index contributed by atoms with van der Waals surface area (Å²) in [5, 5.41) is 11.5. The molecule has 5 nitrogen and oxygen atoms in total. The van der Waals surface area contributed by atoms with Crippen LogP contribution in [0.3, 0.4) is 0 Å². The Labute approximate surface area is 128 Å². The Balaban J connectivity index is 2.14. The van der Waals surface area contributed by atoms with Gasteiger partial charge < -0.3 is 5.73 Å². The van der Waals surface area contributed by atoms with E-state index < -0.39 is 0 Å². The smallest absolute Gasteiger partial charge is 0.187 e. The number of hydrogen-bond acceptors (Lipinski definition) is 4. The molecule has 21 heavy (non-hydrogen) atoms. The van der Waals surface area contributed by atoms with Gasteiger partial charge in [-0.25, -0.2) is 4.39 Å². The van der Waals surface area contributed by atoms with E-state index in [-0.39, 0.29) is 5.82 Å². The largest absolute Gasteiger partial charge is 0.398 e. The number of nitrogen functional groups attached to an aromatic ring is 1. The summed E-state index contributed by atoms with van der Waals surface area (Å²) in [6, 6.07) is 10.2. The number of hydrogen-bond donors (Lipinski definition) is 1. The zero-order valence-electron chi connectivity index (χ0n) is 11.1. The molecule has 1 heterocycles. The molecule has 0 saturated carbocycles. The standard InChI is InChI=1S/C14H11BrFN5/c1-8-2-5-13(11(16)6-8)21-14(18-19-20-21)9-3-4-10(15)12(17)7-9/h2-7H,17H2,1H3. The summed E-state index contributed by atoms with van der Waals surface area (Å²) in [5.41, 5.74) is 8.26. The van der Waals surface area contributed by atoms with Crippen LogP contribution in [0.5, 0.6) is 0 Å². The third-order valence-corrected chi connectivity index (χ3v) is 3.78. The first-order valence-electron chi connectivity index (χ1n) is 6.16. The van der Waals surface area contributed by atoms with Crippen LogP contribution in [0.25, 0.3) is 17.1 Å². The van der Waals surface area contributed by atoms with Crippen molar-refractivity contribution in [3.05, 3.63) is 52.3 Å². The first-order chi connectivity index (χ1) is 10.1. The van der Waals surface area contributed by atoms with Crippen LogP contribution in [0, 0.1) is 12.7 Å². The van der Waals surface area contributed by atoms with E-state index in [0.29, 0.717) is 22.8 Å². The molecule has 0 bridgehead atoms. The molecule has 0 saturated heterocycles. The maximum absolute atomic E-state index is 14.1. The van der Waals surface area contributed by atoms with Crippen LogP contribution in [0.4, 0.5) is 10.1 Å². The highest BCUT2D eigenvalue weighted by atomic mass is 79.9. The molecular formula is C14H11BrFN5. The average molecular weight is 348 g/mol. The highest BCUT2D eigenvalue weighted by Gasteiger charge is 2.14. The Morgan fingerprint density at radius 3 is 2.71 bits per heavy atom. The van der Waals surface area contributed by atoms with Crippen molar-refractivity contribution in [1.29, 1.82) is 0 Å². The van der Waals surface area contributed by atoms with Crippen LogP contribution in [0.1, 0.15) is 5.56 Å². The Kier molecular flexibility index (Phi) is 3.42. The zero-order chi connectivity index (χ0) is 15.0. The minimum absolute atomic E-state index is 0.294. The van der Waals surface area contributed by atoms with Crippen molar-refractivity contribution < 1.29 is 4.39 Å². The van der Waals surface area contributed by atoms with Crippen LogP contribution >= 0.6 is 15.9 Å². The summed E-state index contributed by atoms with van der Waals surface area (Å²) >= 11 is 3.33. The van der Waals surface area contributed by atoms with Crippen molar-refractivity contribution in [3.8, 4) is 17.1 Å². The molecule has 2 aromatic carbocycles. The van der Waals surface area contributed by atoms with Gasteiger partial charge >= 0.3 is 0 Å². The molecule has 0 aliphatic heterocycles. The molecule has 0 atom stereocenters. The molecule has 3 rings (SSSR count). The Morgan fingerprint density at radius 2 is 2.00 bits per heavy atom. The van der Waals surface area contributed by atoms with Crippen LogP contribution in [0.2, 0.25) is 0 Å². The summed E-state index contributed by atoms with van der Waals surface area (Å²) in [7, 11) is 0. The fraction of sp³-hybridized carbons (Fsp3) is 0.0714. The van der Waals surface area contributed by atoms with Gasteiger partial charge in [-0.05, 0) is 69.2 Å². The van der Waals surface area contributed by atoms with Gasteiger partial charge in [-0.1, -0.05) is 6.07 Å². The maximum Gasteiger partial charge on any atom is 0.187 e. The van der Waals surface area contributed by atoms with Gasteiger partial charge in [0.1, 0.15) is 11.5 Å². The second-order valence-corrected chi connectivity index (χ2v) is 5.46. The van der Waals surface area contributed by atoms with Gasteiger partial charge in [0.25, 0.3) is 0 Å². The molecule has 3 aromatic rings. The second kappa shape index (κ2) is 5.25. The summed E-state index contributed by atoms with van der Waals surface area (Å²) in [6.07, 6.45) is 0. The first kappa shape index (κ1) is 13.7. The Hall–Kier alpha value is -2.28. The van der Waals surface area contributed by atoms with Crippen molar-refractivity contribution in [2.75, 3.05) is 5.73 Å². The molecular weight excluding hydrogens is 337 g/mol. The molecule has 0 spiro atoms. The number of nitrogens with zero attached hydrogens (tertiary/aromatic N) is 4. The van der Waals surface area contributed by atoms with Gasteiger partial charge in [0.05, 0.1) is 0 Å². The van der Waals surface area contributed by atoms with Gasteiger partial charge in [-0.15, -0.1) is 5.10 Å². The number of anilines is 1. The summed E-state index contributed by atoms with van der Waals surface area (Å²) in [4.78, 5) is 0. The van der Waals surface area contributed by atoms with Crippen molar-refractivity contribution in [2.45, 2.75) is 6.92 Å². The molecule has 0 aliphatic rings. The Bertz CT molecular complexity index is 815. The van der Waals surface area contributed by atoms with Crippen LogP contribution in [0.15, 0.2) is 40.9 Å². The van der Waals surface area contributed by atoms with E-state index in [1.807, 2.05) is 13.0 Å². The Morgan fingerprint density at radius 1 is 1.19 bits per heavy atom. The molecule has 0 radical (unpaired) electrons. The fourth-order valence-electron chi connectivity index (χ4n) is 2.00. The highest BCUT2D eigenvalue weighted by Crippen LogP contribution is 2.27. The zero-order valence-corrected chi connectivity index (χ0v) is 12.7. The summed E-state index contributed by atoms with van der Waals surface area (Å²) < 4.78 is 16.2. The minimum Gasteiger partial charge on any atom is -0.398 e. The molecule has 2 N–H and O–H groups in total.